The van der Waals surface area contributed by atoms with Crippen LogP contribution in [0.25, 0.3) is 0 Å². The molecule has 20 heavy (non-hydrogen) atoms. The van der Waals surface area contributed by atoms with Crippen LogP contribution in [0.1, 0.15) is 44.2 Å². The SMILES string of the molecule is CNC(C(=O)NCC1CCCCC1C)c1cnn(C)c1. The van der Waals surface area contributed by atoms with E-state index in [4.69, 9.17) is 0 Å². The highest BCUT2D eigenvalue weighted by Gasteiger charge is 2.24. The fourth-order valence-corrected chi connectivity index (χ4v) is 3.07. The van der Waals surface area contributed by atoms with E-state index in [2.05, 4.69) is 22.7 Å². The van der Waals surface area contributed by atoms with Gasteiger partial charge in [-0.15, -0.1) is 0 Å². The van der Waals surface area contributed by atoms with Crippen LogP contribution in [-0.2, 0) is 11.8 Å². The molecule has 0 saturated heterocycles. The second-order valence-corrected chi connectivity index (χ2v) is 5.94. The first-order valence-corrected chi connectivity index (χ1v) is 7.55. The molecule has 1 aliphatic carbocycles. The summed E-state index contributed by atoms with van der Waals surface area (Å²) in [7, 11) is 3.66. The summed E-state index contributed by atoms with van der Waals surface area (Å²) >= 11 is 0. The van der Waals surface area contributed by atoms with E-state index in [0.717, 1.165) is 18.0 Å². The van der Waals surface area contributed by atoms with Crippen molar-refractivity contribution in [2.45, 2.75) is 38.6 Å². The van der Waals surface area contributed by atoms with E-state index in [1.165, 1.54) is 25.7 Å². The van der Waals surface area contributed by atoms with Gasteiger partial charge in [0.05, 0.1) is 6.20 Å². The van der Waals surface area contributed by atoms with Crippen molar-refractivity contribution in [1.29, 1.82) is 0 Å². The van der Waals surface area contributed by atoms with Gasteiger partial charge in [0.1, 0.15) is 6.04 Å². The largest absolute Gasteiger partial charge is 0.354 e. The van der Waals surface area contributed by atoms with Crippen molar-refractivity contribution in [3.8, 4) is 0 Å². The molecule has 3 atom stereocenters. The first kappa shape index (κ1) is 15.0. The summed E-state index contributed by atoms with van der Waals surface area (Å²) in [6.45, 7) is 3.09. The van der Waals surface area contributed by atoms with E-state index < -0.39 is 0 Å². The van der Waals surface area contributed by atoms with Crippen molar-refractivity contribution < 1.29 is 4.79 Å². The van der Waals surface area contributed by atoms with Gasteiger partial charge >= 0.3 is 0 Å². The monoisotopic (exact) mass is 278 g/mol. The lowest BCUT2D eigenvalue weighted by Gasteiger charge is -2.29. The van der Waals surface area contributed by atoms with Gasteiger partial charge in [0, 0.05) is 25.4 Å². The maximum Gasteiger partial charge on any atom is 0.241 e. The summed E-state index contributed by atoms with van der Waals surface area (Å²) in [5, 5.41) is 10.3. The Bertz CT molecular complexity index is 443. The minimum absolute atomic E-state index is 0.0401. The number of aromatic nitrogens is 2. The summed E-state index contributed by atoms with van der Waals surface area (Å²) in [6.07, 6.45) is 8.77. The van der Waals surface area contributed by atoms with Gasteiger partial charge in [0.25, 0.3) is 0 Å². The Kier molecular flexibility index (Phi) is 5.17. The molecule has 0 aromatic carbocycles. The number of hydrogen-bond donors (Lipinski definition) is 2. The summed E-state index contributed by atoms with van der Waals surface area (Å²) in [5.41, 5.74) is 0.907. The van der Waals surface area contributed by atoms with Crippen LogP contribution >= 0.6 is 0 Å². The first-order valence-electron chi connectivity index (χ1n) is 7.55. The van der Waals surface area contributed by atoms with E-state index >= 15 is 0 Å². The maximum absolute atomic E-state index is 12.3. The van der Waals surface area contributed by atoms with Gasteiger partial charge in [0.15, 0.2) is 0 Å². The minimum Gasteiger partial charge on any atom is -0.354 e. The molecule has 1 aromatic heterocycles. The molecule has 5 heteroatoms. The van der Waals surface area contributed by atoms with Crippen LogP contribution < -0.4 is 10.6 Å². The van der Waals surface area contributed by atoms with Gasteiger partial charge in [-0.05, 0) is 25.3 Å². The summed E-state index contributed by atoms with van der Waals surface area (Å²) < 4.78 is 1.72. The predicted molar refractivity (Wildman–Crippen MR) is 79.1 cm³/mol. The number of likely N-dealkylation sites (N-methyl/N-ethyl adjacent to an activating group) is 1. The number of hydrogen-bond acceptors (Lipinski definition) is 3. The summed E-state index contributed by atoms with van der Waals surface area (Å²) in [5.74, 6) is 1.38. The molecule has 112 valence electrons. The number of nitrogens with one attached hydrogen (secondary N) is 2. The van der Waals surface area contributed by atoms with Gasteiger partial charge < -0.3 is 10.6 Å². The Labute approximate surface area is 121 Å². The molecule has 1 fully saturated rings. The molecule has 5 nitrogen and oxygen atoms in total. The van der Waals surface area contributed by atoms with E-state index in [9.17, 15) is 4.79 Å². The number of nitrogens with zero attached hydrogens (tertiary/aromatic N) is 2. The van der Waals surface area contributed by atoms with Crippen LogP contribution in [0, 0.1) is 11.8 Å². The van der Waals surface area contributed by atoms with Gasteiger partial charge in [0.2, 0.25) is 5.91 Å². The number of carbonyl (C=O) groups excluding carboxylic acids is 1. The molecule has 2 N–H and O–H groups in total. The molecule has 0 radical (unpaired) electrons. The van der Waals surface area contributed by atoms with Crippen LogP contribution in [0.2, 0.25) is 0 Å². The topological polar surface area (TPSA) is 59.0 Å². The standard InChI is InChI=1S/C15H26N4O/c1-11-6-4-5-7-12(11)8-17-15(20)14(16-2)13-9-18-19(3)10-13/h9-12,14,16H,4-8H2,1-3H3,(H,17,20). The molecule has 0 spiro atoms. The minimum atomic E-state index is -0.317. The van der Waals surface area contributed by atoms with Crippen LogP contribution in [0.4, 0.5) is 0 Å². The first-order chi connectivity index (χ1) is 9.61. The van der Waals surface area contributed by atoms with Crippen molar-refractivity contribution in [3.05, 3.63) is 18.0 Å². The Morgan fingerprint density at radius 1 is 1.50 bits per heavy atom. The third-order valence-corrected chi connectivity index (χ3v) is 4.44. The highest BCUT2D eigenvalue weighted by Crippen LogP contribution is 2.29. The van der Waals surface area contributed by atoms with Gasteiger partial charge in [-0.3, -0.25) is 9.48 Å². The van der Waals surface area contributed by atoms with Gasteiger partial charge in [-0.2, -0.15) is 5.10 Å². The van der Waals surface area contributed by atoms with Crippen molar-refractivity contribution in [2.24, 2.45) is 18.9 Å². The van der Waals surface area contributed by atoms with Crippen LogP contribution in [0.5, 0.6) is 0 Å². The second kappa shape index (κ2) is 6.88. The summed E-state index contributed by atoms with van der Waals surface area (Å²) in [6, 6.07) is -0.317. The fraction of sp³-hybridized carbons (Fsp3) is 0.733. The van der Waals surface area contributed by atoms with Crippen LogP contribution in [0.3, 0.4) is 0 Å². The van der Waals surface area contributed by atoms with E-state index in [-0.39, 0.29) is 11.9 Å². The normalized spacial score (nSPS) is 24.4. The Morgan fingerprint density at radius 3 is 2.85 bits per heavy atom. The van der Waals surface area contributed by atoms with Crippen molar-refractivity contribution in [2.75, 3.05) is 13.6 Å². The molecule has 1 amide bonds. The average Bonchev–Trinajstić information content (AvgIpc) is 2.85. The molecule has 0 bridgehead atoms. The highest BCUT2D eigenvalue weighted by atomic mass is 16.2. The maximum atomic E-state index is 12.3. The van der Waals surface area contributed by atoms with E-state index in [1.54, 1.807) is 17.9 Å². The van der Waals surface area contributed by atoms with Crippen molar-refractivity contribution >= 4 is 5.91 Å². The smallest absolute Gasteiger partial charge is 0.241 e. The predicted octanol–water partition coefficient (Wildman–Crippen LogP) is 1.62. The van der Waals surface area contributed by atoms with E-state index in [0.29, 0.717) is 5.92 Å². The molecule has 1 aliphatic rings. The highest BCUT2D eigenvalue weighted by molar-refractivity contribution is 5.83. The molecule has 1 saturated carbocycles. The molecule has 3 unspecified atom stereocenters. The lowest BCUT2D eigenvalue weighted by atomic mass is 9.80. The number of amides is 1. The van der Waals surface area contributed by atoms with Gasteiger partial charge in [-0.25, -0.2) is 0 Å². The zero-order valence-corrected chi connectivity index (χ0v) is 12.7. The second-order valence-electron chi connectivity index (χ2n) is 5.94. The third kappa shape index (κ3) is 3.60. The molecule has 2 rings (SSSR count). The molecule has 0 aliphatic heterocycles. The Morgan fingerprint density at radius 2 is 2.25 bits per heavy atom. The van der Waals surface area contributed by atoms with Crippen molar-refractivity contribution in [1.82, 2.24) is 20.4 Å². The summed E-state index contributed by atoms with van der Waals surface area (Å²) in [4.78, 5) is 12.3. The number of aryl methyl sites for hydroxylation is 1. The fourth-order valence-electron chi connectivity index (χ4n) is 3.07. The number of rotatable bonds is 5. The van der Waals surface area contributed by atoms with Gasteiger partial charge in [-0.1, -0.05) is 26.2 Å². The van der Waals surface area contributed by atoms with E-state index in [1.807, 2.05) is 13.2 Å². The Hall–Kier alpha value is -1.36. The number of carbonyl (C=O) groups is 1. The quantitative estimate of drug-likeness (QED) is 0.860. The molecular weight excluding hydrogens is 252 g/mol. The zero-order chi connectivity index (χ0) is 14.5. The van der Waals surface area contributed by atoms with Crippen LogP contribution in [-0.4, -0.2) is 29.3 Å². The van der Waals surface area contributed by atoms with Crippen molar-refractivity contribution in [3.63, 3.8) is 0 Å². The molecule has 1 heterocycles. The lowest BCUT2D eigenvalue weighted by molar-refractivity contribution is -0.123. The molecular formula is C15H26N4O. The molecule has 1 aromatic rings. The zero-order valence-electron chi connectivity index (χ0n) is 12.7. The third-order valence-electron chi connectivity index (χ3n) is 4.44. The van der Waals surface area contributed by atoms with Crippen LogP contribution in [0.15, 0.2) is 12.4 Å². The average molecular weight is 278 g/mol. The lowest BCUT2D eigenvalue weighted by Crippen LogP contribution is -2.39. The Balaban J connectivity index is 1.89.